The topological polar surface area (TPSA) is 107 Å². The maximum Gasteiger partial charge on any atom is 0.326 e. The van der Waals surface area contributed by atoms with Crippen LogP contribution in [0.5, 0.6) is 0 Å². The highest BCUT2D eigenvalue weighted by molar-refractivity contribution is 6.10. The highest BCUT2D eigenvalue weighted by Gasteiger charge is 2.19. The predicted octanol–water partition coefficient (Wildman–Crippen LogP) is 1.51. The number of carbonyl (C=O) groups is 1. The molecule has 1 heterocycles. The molecule has 6 heteroatoms. The number of nitriles is 1. The second-order valence-electron chi connectivity index (χ2n) is 4.97. The van der Waals surface area contributed by atoms with Gasteiger partial charge in [0, 0.05) is 5.56 Å². The summed E-state index contributed by atoms with van der Waals surface area (Å²) in [5.41, 5.74) is 0.0906. The Morgan fingerprint density at radius 3 is 2.50 bits per heavy atom. The van der Waals surface area contributed by atoms with Crippen LogP contribution in [-0.2, 0) is 0 Å². The maximum atomic E-state index is 12.6. The molecule has 6 nitrogen and oxygen atoms in total. The molecule has 0 fully saturated rings. The third kappa shape index (κ3) is 2.79. The van der Waals surface area contributed by atoms with Crippen molar-refractivity contribution >= 4 is 11.4 Å². The largest absolute Gasteiger partial charge is 0.326 e. The van der Waals surface area contributed by atoms with Crippen molar-refractivity contribution in [2.24, 2.45) is 0 Å². The quantitative estimate of drug-likeness (QED) is 0.837. The lowest BCUT2D eigenvalue weighted by Crippen LogP contribution is -2.29. The van der Waals surface area contributed by atoms with Crippen molar-refractivity contribution in [3.05, 3.63) is 73.6 Å². The zero-order valence-corrected chi connectivity index (χ0v) is 12.1. The van der Waals surface area contributed by atoms with E-state index in [9.17, 15) is 14.4 Å². The van der Waals surface area contributed by atoms with Crippen molar-refractivity contribution in [2.75, 3.05) is 0 Å². The smallest absolute Gasteiger partial charge is 0.303 e. The number of aromatic amines is 2. The first-order chi connectivity index (χ1) is 10.3. The fourth-order valence-electron chi connectivity index (χ4n) is 2.19. The summed E-state index contributed by atoms with van der Waals surface area (Å²) in [5, 5.41) is 8.98. The van der Waals surface area contributed by atoms with E-state index in [1.807, 2.05) is 6.07 Å². The Morgan fingerprint density at radius 1 is 1.23 bits per heavy atom. The minimum Gasteiger partial charge on any atom is -0.303 e. The fourth-order valence-corrected chi connectivity index (χ4v) is 2.19. The van der Waals surface area contributed by atoms with Gasteiger partial charge in [0.2, 0.25) is 5.78 Å². The average Bonchev–Trinajstić information content (AvgIpc) is 2.44. The van der Waals surface area contributed by atoms with E-state index >= 15 is 0 Å². The van der Waals surface area contributed by atoms with Gasteiger partial charge in [-0.05, 0) is 43.2 Å². The van der Waals surface area contributed by atoms with E-state index in [-0.39, 0.29) is 16.8 Å². The van der Waals surface area contributed by atoms with Crippen LogP contribution in [0.3, 0.4) is 0 Å². The summed E-state index contributed by atoms with van der Waals surface area (Å²) in [5.74, 6) is -0.540. The van der Waals surface area contributed by atoms with E-state index in [2.05, 4.69) is 16.5 Å². The van der Waals surface area contributed by atoms with Gasteiger partial charge in [-0.1, -0.05) is 6.58 Å². The zero-order valence-electron chi connectivity index (χ0n) is 12.1. The molecule has 0 aliphatic carbocycles. The lowest BCUT2D eigenvalue weighted by Gasteiger charge is -2.08. The molecule has 0 amide bonds. The molecule has 1 aromatic carbocycles. The maximum absolute atomic E-state index is 12.6. The minimum atomic E-state index is -0.772. The van der Waals surface area contributed by atoms with Crippen molar-refractivity contribution in [1.82, 2.24) is 9.97 Å². The van der Waals surface area contributed by atoms with Crippen LogP contribution in [0.15, 0.2) is 34.4 Å². The van der Waals surface area contributed by atoms with Gasteiger partial charge in [0.05, 0.1) is 17.2 Å². The van der Waals surface area contributed by atoms with Crippen molar-refractivity contribution in [3.8, 4) is 6.07 Å². The number of rotatable bonds is 3. The van der Waals surface area contributed by atoms with Gasteiger partial charge >= 0.3 is 5.69 Å². The molecule has 2 aromatic rings. The molecule has 0 spiro atoms. The first kappa shape index (κ1) is 15.2. The Balaban J connectivity index is 2.72. The molecule has 1 aromatic heterocycles. The Bertz CT molecular complexity index is 942. The number of nitrogens with zero attached hydrogens (tertiary/aromatic N) is 1. The average molecular weight is 295 g/mol. The molecular formula is C16H13N3O3. The molecule has 0 aliphatic heterocycles. The van der Waals surface area contributed by atoms with Crippen LogP contribution in [-0.4, -0.2) is 15.8 Å². The molecule has 22 heavy (non-hydrogen) atoms. The van der Waals surface area contributed by atoms with Gasteiger partial charge in [-0.25, -0.2) is 4.79 Å². The number of H-pyrrole nitrogens is 2. The number of aromatic nitrogens is 2. The second kappa shape index (κ2) is 5.66. The summed E-state index contributed by atoms with van der Waals surface area (Å²) in [6.45, 7) is 6.97. The van der Waals surface area contributed by atoms with E-state index in [0.717, 1.165) is 5.56 Å². The Labute approximate surface area is 125 Å². The van der Waals surface area contributed by atoms with Gasteiger partial charge in [-0.3, -0.25) is 14.6 Å². The predicted molar refractivity (Wildman–Crippen MR) is 81.7 cm³/mol. The summed E-state index contributed by atoms with van der Waals surface area (Å²) in [4.78, 5) is 40.4. The van der Waals surface area contributed by atoms with E-state index in [0.29, 0.717) is 11.1 Å². The summed E-state index contributed by atoms with van der Waals surface area (Å²) < 4.78 is 0. The molecule has 0 aliphatic rings. The molecule has 0 bridgehead atoms. The lowest BCUT2D eigenvalue weighted by atomic mass is 9.98. The van der Waals surface area contributed by atoms with E-state index in [1.165, 1.54) is 6.07 Å². The molecule has 0 saturated heterocycles. The van der Waals surface area contributed by atoms with Crippen molar-refractivity contribution < 1.29 is 4.79 Å². The first-order valence-electron chi connectivity index (χ1n) is 6.42. The number of hydrogen-bond acceptors (Lipinski definition) is 4. The van der Waals surface area contributed by atoms with Gasteiger partial charge < -0.3 is 4.98 Å². The van der Waals surface area contributed by atoms with Gasteiger partial charge in [0.15, 0.2) is 0 Å². The van der Waals surface area contributed by atoms with Gasteiger partial charge in [0.1, 0.15) is 5.69 Å². The number of ketones is 1. The van der Waals surface area contributed by atoms with E-state index in [4.69, 9.17) is 5.26 Å². The minimum absolute atomic E-state index is 0.0320. The van der Waals surface area contributed by atoms with Crippen LogP contribution in [0.1, 0.15) is 39.7 Å². The normalized spacial score (nSPS) is 10.0. The van der Waals surface area contributed by atoms with Crippen LogP contribution in [0.2, 0.25) is 0 Å². The molecule has 110 valence electrons. The fraction of sp³-hybridized carbons (Fsp3) is 0.125. The highest BCUT2D eigenvalue weighted by atomic mass is 16.2. The number of allylic oxidation sites excluding steroid dienone is 1. The standard InChI is InChI=1S/C16H13N3O3/c1-8(2)12-13(18-16(22)19-15(12)21)14(20)11-5-9(3)4-10(6-11)7-17/h4-6H,1H2,2-3H3,(H2,18,19,21,22). The Morgan fingerprint density at radius 2 is 1.91 bits per heavy atom. The summed E-state index contributed by atoms with van der Waals surface area (Å²) in [6.07, 6.45) is 0. The third-order valence-corrected chi connectivity index (χ3v) is 3.07. The van der Waals surface area contributed by atoms with Crippen LogP contribution in [0.4, 0.5) is 0 Å². The van der Waals surface area contributed by atoms with E-state index < -0.39 is 17.0 Å². The number of benzene rings is 1. The number of hydrogen-bond donors (Lipinski definition) is 2. The molecule has 2 rings (SSSR count). The third-order valence-electron chi connectivity index (χ3n) is 3.07. The van der Waals surface area contributed by atoms with Crippen molar-refractivity contribution in [2.45, 2.75) is 13.8 Å². The SMILES string of the molecule is C=C(C)c1c(C(=O)c2cc(C)cc(C#N)c2)[nH]c(=O)[nH]c1=O. The molecular weight excluding hydrogens is 282 g/mol. The van der Waals surface area contributed by atoms with Gasteiger partial charge in [0.25, 0.3) is 5.56 Å². The van der Waals surface area contributed by atoms with Gasteiger partial charge in [-0.2, -0.15) is 5.26 Å². The number of carbonyl (C=O) groups excluding carboxylic acids is 1. The van der Waals surface area contributed by atoms with Gasteiger partial charge in [-0.15, -0.1) is 0 Å². The molecule has 0 saturated carbocycles. The summed E-state index contributed by atoms with van der Waals surface area (Å²) in [6, 6.07) is 6.60. The Hall–Kier alpha value is -3.20. The zero-order chi connectivity index (χ0) is 16.4. The number of aryl methyl sites for hydroxylation is 1. The molecule has 2 N–H and O–H groups in total. The summed E-state index contributed by atoms with van der Waals surface area (Å²) >= 11 is 0. The lowest BCUT2D eigenvalue weighted by molar-refractivity contribution is 0.103. The first-order valence-corrected chi connectivity index (χ1v) is 6.42. The molecule has 0 radical (unpaired) electrons. The van der Waals surface area contributed by atoms with Crippen LogP contribution >= 0.6 is 0 Å². The van der Waals surface area contributed by atoms with Crippen molar-refractivity contribution in [3.63, 3.8) is 0 Å². The van der Waals surface area contributed by atoms with Crippen LogP contribution in [0.25, 0.3) is 5.57 Å². The molecule has 0 unspecified atom stereocenters. The highest BCUT2D eigenvalue weighted by Crippen LogP contribution is 2.16. The summed E-state index contributed by atoms with van der Waals surface area (Å²) in [7, 11) is 0. The molecule has 0 atom stereocenters. The number of nitrogens with one attached hydrogen (secondary N) is 2. The Kier molecular flexibility index (Phi) is 3.91. The van der Waals surface area contributed by atoms with Crippen LogP contribution in [0, 0.1) is 18.3 Å². The second-order valence-corrected chi connectivity index (χ2v) is 4.97. The monoisotopic (exact) mass is 295 g/mol. The van der Waals surface area contributed by atoms with Crippen LogP contribution < -0.4 is 11.2 Å². The van der Waals surface area contributed by atoms with Crippen molar-refractivity contribution in [1.29, 1.82) is 5.26 Å². The van der Waals surface area contributed by atoms with E-state index in [1.54, 1.807) is 26.0 Å².